The number of aliphatic hydroxyl groups is 1. The molecule has 1 saturated carbocycles. The SMILES string of the molecule is Cc1ccccc1NC(=O)C(c1ccccc1C)N(C(=O)C(CO)NC(=O)OC(C)(C)C)C1CCC1. The Bertz CT molecular complexity index is 1090. The van der Waals surface area contributed by atoms with Gasteiger partial charge in [-0.15, -0.1) is 0 Å². The number of hydrogen-bond acceptors (Lipinski definition) is 5. The minimum atomic E-state index is -1.25. The molecule has 0 radical (unpaired) electrons. The van der Waals surface area contributed by atoms with Gasteiger partial charge in [-0.2, -0.15) is 0 Å². The van der Waals surface area contributed by atoms with Crippen molar-refractivity contribution in [1.82, 2.24) is 10.2 Å². The second-order valence-electron chi connectivity index (χ2n) is 10.3. The largest absolute Gasteiger partial charge is 0.444 e. The van der Waals surface area contributed by atoms with Gasteiger partial charge in [0.05, 0.1) is 6.61 Å². The van der Waals surface area contributed by atoms with E-state index >= 15 is 0 Å². The maximum absolute atomic E-state index is 13.9. The van der Waals surface area contributed by atoms with E-state index < -0.39 is 36.3 Å². The van der Waals surface area contributed by atoms with Crippen LogP contribution in [0.2, 0.25) is 0 Å². The standard InChI is InChI=1S/C28H37N3O5/c1-18-11-6-8-15-21(18)24(25(33)29-22-16-9-7-12-19(22)2)31(20-13-10-14-20)26(34)23(17-32)30-27(35)36-28(3,4)5/h6-9,11-12,15-16,20,23-24,32H,10,13-14,17H2,1-5H3,(H,29,33)(H,30,35). The van der Waals surface area contributed by atoms with E-state index in [2.05, 4.69) is 10.6 Å². The fourth-order valence-corrected chi connectivity index (χ4v) is 4.22. The Morgan fingerprint density at radius 3 is 2.17 bits per heavy atom. The van der Waals surface area contributed by atoms with Crippen molar-refractivity contribution in [2.75, 3.05) is 11.9 Å². The van der Waals surface area contributed by atoms with Gasteiger partial charge in [-0.25, -0.2) is 4.79 Å². The monoisotopic (exact) mass is 495 g/mol. The van der Waals surface area contributed by atoms with Crippen LogP contribution in [0.4, 0.5) is 10.5 Å². The van der Waals surface area contributed by atoms with Gasteiger partial charge in [0.2, 0.25) is 5.91 Å². The van der Waals surface area contributed by atoms with Crippen LogP contribution < -0.4 is 10.6 Å². The lowest BCUT2D eigenvalue weighted by Crippen LogP contribution is -2.58. The average Bonchev–Trinajstić information content (AvgIpc) is 2.77. The molecule has 8 heteroatoms. The fraction of sp³-hybridized carbons (Fsp3) is 0.464. The molecule has 0 saturated heterocycles. The Morgan fingerprint density at radius 1 is 1.03 bits per heavy atom. The molecular weight excluding hydrogens is 458 g/mol. The van der Waals surface area contributed by atoms with E-state index in [9.17, 15) is 19.5 Å². The quantitative estimate of drug-likeness (QED) is 0.507. The molecular formula is C28H37N3O5. The van der Waals surface area contributed by atoms with Gasteiger partial charge < -0.3 is 25.4 Å². The number of aliphatic hydroxyl groups excluding tert-OH is 1. The van der Waals surface area contributed by atoms with Crippen molar-refractivity contribution in [3.8, 4) is 0 Å². The Morgan fingerprint density at radius 2 is 1.64 bits per heavy atom. The number of amides is 3. The molecule has 36 heavy (non-hydrogen) atoms. The van der Waals surface area contributed by atoms with Crippen LogP contribution >= 0.6 is 0 Å². The zero-order valence-corrected chi connectivity index (χ0v) is 21.7. The molecule has 0 bridgehead atoms. The Labute approximate surface area is 213 Å². The van der Waals surface area contributed by atoms with Gasteiger partial charge in [-0.1, -0.05) is 42.5 Å². The molecule has 2 aromatic carbocycles. The number of alkyl carbamates (subject to hydrolysis) is 1. The van der Waals surface area contributed by atoms with Gasteiger partial charge in [0, 0.05) is 11.7 Å². The summed E-state index contributed by atoms with van der Waals surface area (Å²) in [5.41, 5.74) is 2.35. The molecule has 2 aromatic rings. The van der Waals surface area contributed by atoms with Crippen LogP contribution in [0.3, 0.4) is 0 Å². The molecule has 0 heterocycles. The van der Waals surface area contributed by atoms with Crippen LogP contribution in [-0.2, 0) is 14.3 Å². The van der Waals surface area contributed by atoms with E-state index in [1.165, 1.54) is 4.90 Å². The first kappa shape index (κ1) is 27.2. The summed E-state index contributed by atoms with van der Waals surface area (Å²) in [5, 5.41) is 15.6. The predicted octanol–water partition coefficient (Wildman–Crippen LogP) is 4.25. The highest BCUT2D eigenvalue weighted by Crippen LogP contribution is 2.35. The summed E-state index contributed by atoms with van der Waals surface area (Å²) in [6.07, 6.45) is 1.59. The first-order valence-electron chi connectivity index (χ1n) is 12.4. The number of hydrogen-bond donors (Lipinski definition) is 3. The van der Waals surface area contributed by atoms with E-state index in [0.717, 1.165) is 30.4 Å². The molecule has 0 aliphatic heterocycles. The third-order valence-corrected chi connectivity index (χ3v) is 6.31. The van der Waals surface area contributed by atoms with Gasteiger partial charge in [0.25, 0.3) is 5.91 Å². The van der Waals surface area contributed by atoms with E-state index in [4.69, 9.17) is 4.74 Å². The van der Waals surface area contributed by atoms with Crippen LogP contribution in [0.15, 0.2) is 48.5 Å². The topological polar surface area (TPSA) is 108 Å². The predicted molar refractivity (Wildman–Crippen MR) is 138 cm³/mol. The van der Waals surface area contributed by atoms with Crippen LogP contribution in [-0.4, -0.2) is 52.2 Å². The van der Waals surface area contributed by atoms with Crippen molar-refractivity contribution in [2.45, 2.75) is 77.6 Å². The van der Waals surface area contributed by atoms with Gasteiger partial charge in [0.1, 0.15) is 17.7 Å². The van der Waals surface area contributed by atoms with Crippen molar-refractivity contribution in [1.29, 1.82) is 0 Å². The molecule has 2 unspecified atom stereocenters. The first-order chi connectivity index (χ1) is 17.0. The Balaban J connectivity index is 1.99. The minimum absolute atomic E-state index is 0.195. The molecule has 1 fully saturated rings. The molecule has 1 aliphatic rings. The summed E-state index contributed by atoms with van der Waals surface area (Å²) < 4.78 is 5.29. The van der Waals surface area contributed by atoms with Crippen molar-refractivity contribution in [2.24, 2.45) is 0 Å². The number of aryl methyl sites for hydroxylation is 2. The lowest BCUT2D eigenvalue weighted by molar-refractivity contribution is -0.146. The summed E-state index contributed by atoms with van der Waals surface area (Å²) in [5.74, 6) is -0.881. The third-order valence-electron chi connectivity index (χ3n) is 6.31. The van der Waals surface area contributed by atoms with Crippen LogP contribution in [0, 0.1) is 13.8 Å². The molecule has 8 nitrogen and oxygen atoms in total. The number of nitrogens with one attached hydrogen (secondary N) is 2. The van der Waals surface area contributed by atoms with E-state index in [0.29, 0.717) is 11.3 Å². The first-order valence-corrected chi connectivity index (χ1v) is 12.4. The van der Waals surface area contributed by atoms with Gasteiger partial charge >= 0.3 is 6.09 Å². The highest BCUT2D eigenvalue weighted by atomic mass is 16.6. The number of ether oxygens (including phenoxy) is 1. The summed E-state index contributed by atoms with van der Waals surface area (Å²) in [6.45, 7) is 8.32. The number of carbonyl (C=O) groups excluding carboxylic acids is 3. The summed E-state index contributed by atoms with van der Waals surface area (Å²) >= 11 is 0. The summed E-state index contributed by atoms with van der Waals surface area (Å²) in [6, 6.07) is 12.5. The molecule has 194 valence electrons. The molecule has 0 aromatic heterocycles. The lowest BCUT2D eigenvalue weighted by atomic mass is 9.87. The smallest absolute Gasteiger partial charge is 0.408 e. The second-order valence-corrected chi connectivity index (χ2v) is 10.3. The lowest BCUT2D eigenvalue weighted by Gasteiger charge is -2.43. The van der Waals surface area contributed by atoms with E-state index in [1.807, 2.05) is 62.4 Å². The summed E-state index contributed by atoms with van der Waals surface area (Å²) in [4.78, 5) is 41.7. The van der Waals surface area contributed by atoms with E-state index in [1.54, 1.807) is 20.8 Å². The zero-order valence-electron chi connectivity index (χ0n) is 21.7. The third kappa shape index (κ3) is 6.63. The number of nitrogens with zero attached hydrogens (tertiary/aromatic N) is 1. The fourth-order valence-electron chi connectivity index (χ4n) is 4.22. The molecule has 0 spiro atoms. The molecule has 3 rings (SSSR count). The Kier molecular flexibility index (Phi) is 8.74. The highest BCUT2D eigenvalue weighted by molar-refractivity contribution is 5.99. The maximum Gasteiger partial charge on any atom is 0.408 e. The number of rotatable bonds is 8. The second kappa shape index (κ2) is 11.6. The molecule has 3 N–H and O–H groups in total. The minimum Gasteiger partial charge on any atom is -0.444 e. The van der Waals surface area contributed by atoms with E-state index in [-0.39, 0.29) is 11.9 Å². The normalized spacial score (nSPS) is 15.3. The number of carbonyl (C=O) groups is 3. The van der Waals surface area contributed by atoms with Gasteiger partial charge in [-0.05, 0) is 76.6 Å². The van der Waals surface area contributed by atoms with Crippen LogP contribution in [0.5, 0.6) is 0 Å². The summed E-state index contributed by atoms with van der Waals surface area (Å²) in [7, 11) is 0. The maximum atomic E-state index is 13.9. The van der Waals surface area contributed by atoms with Gasteiger partial charge in [-0.3, -0.25) is 9.59 Å². The van der Waals surface area contributed by atoms with Gasteiger partial charge in [0.15, 0.2) is 0 Å². The molecule has 1 aliphatic carbocycles. The average molecular weight is 496 g/mol. The van der Waals surface area contributed by atoms with Crippen LogP contribution in [0.1, 0.15) is 62.8 Å². The Hall–Kier alpha value is -3.39. The number of benzene rings is 2. The molecule has 3 amide bonds. The van der Waals surface area contributed by atoms with Crippen LogP contribution in [0.25, 0.3) is 0 Å². The zero-order chi connectivity index (χ0) is 26.5. The highest BCUT2D eigenvalue weighted by Gasteiger charge is 2.42. The van der Waals surface area contributed by atoms with Crippen molar-refractivity contribution >= 4 is 23.6 Å². The van der Waals surface area contributed by atoms with Crippen molar-refractivity contribution < 1.29 is 24.2 Å². The molecule has 2 atom stereocenters. The number of anilines is 1. The van der Waals surface area contributed by atoms with Crippen molar-refractivity contribution in [3.05, 3.63) is 65.2 Å². The number of para-hydroxylation sites is 1. The van der Waals surface area contributed by atoms with Crippen molar-refractivity contribution in [3.63, 3.8) is 0 Å².